The summed E-state index contributed by atoms with van der Waals surface area (Å²) in [6, 6.07) is 8.61. The number of likely N-dealkylation sites (tertiary alicyclic amines) is 2. The molecule has 1 N–H and O–H groups in total. The second kappa shape index (κ2) is 9.81. The Hall–Kier alpha value is -3.20. The van der Waals surface area contributed by atoms with Gasteiger partial charge < -0.3 is 19.7 Å². The molecule has 4 heterocycles. The average molecular weight is 496 g/mol. The Morgan fingerprint density at radius 2 is 1.69 bits per heavy atom. The number of nitrogens with one attached hydrogen (secondary N) is 1. The lowest BCUT2D eigenvalue weighted by Gasteiger charge is -2.33. The number of halogens is 1. The number of carbonyl (C=O) groups excluding carboxylic acids is 2. The average Bonchev–Trinajstić information content (AvgIpc) is 3.61. The number of urea groups is 1. The van der Waals surface area contributed by atoms with Crippen LogP contribution in [0.5, 0.6) is 0 Å². The molecule has 7 nitrogen and oxygen atoms in total. The number of anilines is 1. The first-order valence-corrected chi connectivity index (χ1v) is 13.0. The van der Waals surface area contributed by atoms with Gasteiger partial charge in [0.2, 0.25) is 5.91 Å². The van der Waals surface area contributed by atoms with Crippen molar-refractivity contribution in [1.82, 2.24) is 19.4 Å². The van der Waals surface area contributed by atoms with E-state index in [0.29, 0.717) is 31.1 Å². The number of nitrogens with zero attached hydrogens (tertiary/aromatic N) is 4. The number of aryl methyl sites for hydroxylation is 1. The van der Waals surface area contributed by atoms with Crippen LogP contribution in [-0.4, -0.2) is 57.5 Å². The zero-order valence-corrected chi connectivity index (χ0v) is 20.9. The molecule has 0 saturated carbocycles. The van der Waals surface area contributed by atoms with E-state index in [1.54, 1.807) is 12.1 Å². The highest BCUT2D eigenvalue weighted by Gasteiger charge is 2.30. The summed E-state index contributed by atoms with van der Waals surface area (Å²) in [6.07, 6.45) is 3.50. The zero-order chi connectivity index (χ0) is 24.5. The highest BCUT2D eigenvalue weighted by molar-refractivity contribution is 7.14. The topological polar surface area (TPSA) is 70.5 Å². The molecule has 0 unspecified atom stereocenters. The maximum Gasteiger partial charge on any atom is 0.319 e. The van der Waals surface area contributed by atoms with E-state index in [-0.39, 0.29) is 23.7 Å². The van der Waals surface area contributed by atoms with Gasteiger partial charge in [-0.25, -0.2) is 14.2 Å². The fourth-order valence-corrected chi connectivity index (χ4v) is 5.83. The number of hydrogen-bond donors (Lipinski definition) is 1. The molecule has 3 aromatic rings. The molecule has 0 atom stereocenters. The number of thiazole rings is 1. The number of piperidine rings is 1. The van der Waals surface area contributed by atoms with Crippen molar-refractivity contribution in [2.24, 2.45) is 5.92 Å². The summed E-state index contributed by atoms with van der Waals surface area (Å²) in [5.74, 6) is -0.412. The van der Waals surface area contributed by atoms with Gasteiger partial charge in [-0.1, -0.05) is 0 Å². The molecule has 1 aromatic carbocycles. The summed E-state index contributed by atoms with van der Waals surface area (Å²) in [6.45, 7) is 6.95. The predicted octanol–water partition coefficient (Wildman–Crippen LogP) is 5.22. The molecule has 2 aromatic heterocycles. The monoisotopic (exact) mass is 495 g/mol. The van der Waals surface area contributed by atoms with Gasteiger partial charge in [-0.2, -0.15) is 0 Å². The lowest BCUT2D eigenvalue weighted by molar-refractivity contribution is -0.121. The largest absolute Gasteiger partial charge is 0.325 e. The van der Waals surface area contributed by atoms with Gasteiger partial charge in [-0.05, 0) is 69.9 Å². The van der Waals surface area contributed by atoms with Crippen LogP contribution in [0.15, 0.2) is 35.7 Å². The van der Waals surface area contributed by atoms with Crippen molar-refractivity contribution in [3.8, 4) is 16.9 Å². The van der Waals surface area contributed by atoms with E-state index < -0.39 is 0 Å². The summed E-state index contributed by atoms with van der Waals surface area (Å²) in [5, 5.41) is 5.51. The van der Waals surface area contributed by atoms with E-state index in [1.807, 2.05) is 29.0 Å². The minimum absolute atomic E-state index is 0.0315. The first-order valence-electron chi connectivity index (χ1n) is 12.2. The first-order chi connectivity index (χ1) is 16.9. The van der Waals surface area contributed by atoms with Crippen molar-refractivity contribution in [3.63, 3.8) is 0 Å². The first kappa shape index (κ1) is 23.5. The van der Waals surface area contributed by atoms with Crippen LogP contribution in [0.25, 0.3) is 16.9 Å². The second-order valence-corrected chi connectivity index (χ2v) is 10.2. The van der Waals surface area contributed by atoms with Gasteiger partial charge in [0, 0.05) is 60.1 Å². The van der Waals surface area contributed by atoms with Gasteiger partial charge in [0.15, 0.2) is 5.13 Å². The van der Waals surface area contributed by atoms with Crippen LogP contribution in [0.3, 0.4) is 0 Å². The number of rotatable bonds is 4. The van der Waals surface area contributed by atoms with Gasteiger partial charge in [0.05, 0.1) is 5.69 Å². The molecule has 35 heavy (non-hydrogen) atoms. The van der Waals surface area contributed by atoms with Crippen molar-refractivity contribution >= 4 is 28.4 Å². The third-order valence-corrected chi connectivity index (χ3v) is 7.80. The Morgan fingerprint density at radius 1 is 1.03 bits per heavy atom. The van der Waals surface area contributed by atoms with Crippen LogP contribution < -0.4 is 5.32 Å². The SMILES string of the molecule is Cc1cc(-c2csc(NC(=O)C3CCN(C(=O)N4CCCC4)CC3)n2)c(C)n1-c1ccc(F)cc1. The lowest BCUT2D eigenvalue weighted by atomic mass is 9.96. The fraction of sp³-hybridized carbons (Fsp3) is 0.423. The molecule has 0 spiro atoms. The summed E-state index contributed by atoms with van der Waals surface area (Å²) in [5.41, 5.74) is 4.71. The number of amides is 3. The van der Waals surface area contributed by atoms with Crippen molar-refractivity contribution in [2.45, 2.75) is 39.5 Å². The Balaban J connectivity index is 1.22. The van der Waals surface area contributed by atoms with Gasteiger partial charge in [0.25, 0.3) is 0 Å². The van der Waals surface area contributed by atoms with Crippen molar-refractivity contribution in [3.05, 3.63) is 52.9 Å². The van der Waals surface area contributed by atoms with Gasteiger partial charge >= 0.3 is 6.03 Å². The van der Waals surface area contributed by atoms with Crippen LogP contribution in [0.2, 0.25) is 0 Å². The molecule has 0 bridgehead atoms. The van der Waals surface area contributed by atoms with E-state index in [4.69, 9.17) is 0 Å². The Labute approximate surface area is 208 Å². The van der Waals surface area contributed by atoms with Crippen LogP contribution >= 0.6 is 11.3 Å². The van der Waals surface area contributed by atoms with Gasteiger partial charge in [0.1, 0.15) is 5.82 Å². The molecular weight excluding hydrogens is 465 g/mol. The Morgan fingerprint density at radius 3 is 2.37 bits per heavy atom. The second-order valence-electron chi connectivity index (χ2n) is 9.36. The molecule has 0 aliphatic carbocycles. The quantitative estimate of drug-likeness (QED) is 0.539. The summed E-state index contributed by atoms with van der Waals surface area (Å²) >= 11 is 1.41. The van der Waals surface area contributed by atoms with E-state index in [2.05, 4.69) is 20.9 Å². The molecule has 3 amide bonds. The van der Waals surface area contributed by atoms with Crippen molar-refractivity contribution in [1.29, 1.82) is 0 Å². The molecule has 2 aliphatic rings. The molecule has 184 valence electrons. The van der Waals surface area contributed by atoms with Gasteiger partial charge in [-0.15, -0.1) is 11.3 Å². The molecule has 2 fully saturated rings. The molecule has 0 radical (unpaired) electrons. The summed E-state index contributed by atoms with van der Waals surface area (Å²) < 4.78 is 15.4. The van der Waals surface area contributed by atoms with Crippen molar-refractivity contribution < 1.29 is 14.0 Å². The maximum atomic E-state index is 13.4. The van der Waals surface area contributed by atoms with Crippen LogP contribution in [-0.2, 0) is 4.79 Å². The molecular formula is C26H30FN5O2S. The zero-order valence-electron chi connectivity index (χ0n) is 20.1. The molecule has 2 saturated heterocycles. The maximum absolute atomic E-state index is 13.4. The standard InChI is InChI=1S/C26H30FN5O2S/c1-17-15-22(18(2)32(17)21-7-5-20(27)6-8-21)23-16-35-25(28-23)29-24(33)19-9-13-31(14-10-19)26(34)30-11-3-4-12-30/h5-8,15-16,19H,3-4,9-14H2,1-2H3,(H,28,29,33). The highest BCUT2D eigenvalue weighted by Crippen LogP contribution is 2.32. The van der Waals surface area contributed by atoms with E-state index in [9.17, 15) is 14.0 Å². The molecule has 2 aliphatic heterocycles. The summed E-state index contributed by atoms with van der Waals surface area (Å²) in [7, 11) is 0. The van der Waals surface area contributed by atoms with Crippen LogP contribution in [0, 0.1) is 25.6 Å². The molecule has 9 heteroatoms. The van der Waals surface area contributed by atoms with Crippen molar-refractivity contribution in [2.75, 3.05) is 31.5 Å². The minimum Gasteiger partial charge on any atom is -0.325 e. The third kappa shape index (κ3) is 4.82. The Kier molecular flexibility index (Phi) is 6.60. The number of aromatic nitrogens is 2. The minimum atomic E-state index is -0.264. The van der Waals surface area contributed by atoms with Crippen LogP contribution in [0.4, 0.5) is 14.3 Å². The smallest absolute Gasteiger partial charge is 0.319 e. The third-order valence-electron chi connectivity index (χ3n) is 7.04. The van der Waals surface area contributed by atoms with Gasteiger partial charge in [-0.3, -0.25) is 4.79 Å². The molecule has 5 rings (SSSR count). The van der Waals surface area contributed by atoms with E-state index in [0.717, 1.165) is 54.3 Å². The van der Waals surface area contributed by atoms with E-state index >= 15 is 0 Å². The number of benzene rings is 1. The fourth-order valence-electron chi connectivity index (χ4n) is 5.11. The number of hydrogen-bond acceptors (Lipinski definition) is 4. The normalized spacial score (nSPS) is 16.7. The number of carbonyl (C=O) groups is 2. The lowest BCUT2D eigenvalue weighted by Crippen LogP contribution is -2.47. The van der Waals surface area contributed by atoms with Crippen LogP contribution in [0.1, 0.15) is 37.1 Å². The highest BCUT2D eigenvalue weighted by atomic mass is 32.1. The van der Waals surface area contributed by atoms with E-state index in [1.165, 1.54) is 23.5 Å². The Bertz CT molecular complexity index is 1220. The predicted molar refractivity (Wildman–Crippen MR) is 135 cm³/mol. The summed E-state index contributed by atoms with van der Waals surface area (Å²) in [4.78, 5) is 34.0.